The summed E-state index contributed by atoms with van der Waals surface area (Å²) < 4.78 is 24.7. The van der Waals surface area contributed by atoms with Gasteiger partial charge >= 0.3 is 5.97 Å². The fraction of sp³-hybridized carbons (Fsp3) is 0.143. The SMILES string of the molecule is O=C(O)Cc1cc(F)nc(F)c1. The van der Waals surface area contributed by atoms with E-state index in [-0.39, 0.29) is 5.56 Å². The summed E-state index contributed by atoms with van der Waals surface area (Å²) in [4.78, 5) is 12.9. The lowest BCUT2D eigenvalue weighted by Crippen LogP contribution is -2.02. The van der Waals surface area contributed by atoms with Gasteiger partial charge < -0.3 is 5.11 Å². The van der Waals surface area contributed by atoms with Gasteiger partial charge in [-0.1, -0.05) is 0 Å². The second kappa shape index (κ2) is 3.25. The van der Waals surface area contributed by atoms with Crippen LogP contribution in [-0.4, -0.2) is 16.1 Å². The van der Waals surface area contributed by atoms with Crippen LogP contribution < -0.4 is 0 Å². The van der Waals surface area contributed by atoms with E-state index < -0.39 is 24.3 Å². The standard InChI is InChI=1S/C7H5F2NO2/c8-5-1-4(3-7(11)12)2-6(9)10-5/h1-2H,3H2,(H,11,12). The van der Waals surface area contributed by atoms with E-state index in [0.717, 1.165) is 12.1 Å². The Morgan fingerprint density at radius 1 is 1.42 bits per heavy atom. The molecule has 0 aliphatic heterocycles. The Bertz CT molecular complexity index is 294. The molecule has 0 unspecified atom stereocenters. The van der Waals surface area contributed by atoms with Crippen LogP contribution in [0.5, 0.6) is 0 Å². The molecule has 0 saturated carbocycles. The second-order valence-corrected chi connectivity index (χ2v) is 2.19. The first-order valence-corrected chi connectivity index (χ1v) is 3.11. The molecule has 1 aromatic rings. The molecule has 3 nitrogen and oxygen atoms in total. The van der Waals surface area contributed by atoms with Crippen LogP contribution in [0.1, 0.15) is 5.56 Å². The van der Waals surface area contributed by atoms with Crippen molar-refractivity contribution in [2.45, 2.75) is 6.42 Å². The molecule has 1 aromatic heterocycles. The van der Waals surface area contributed by atoms with Crippen LogP contribution in [0.4, 0.5) is 8.78 Å². The monoisotopic (exact) mass is 173 g/mol. The average Bonchev–Trinajstić information content (AvgIpc) is 1.81. The molecule has 0 radical (unpaired) electrons. The maximum atomic E-state index is 12.3. The van der Waals surface area contributed by atoms with Crippen LogP contribution >= 0.6 is 0 Å². The minimum atomic E-state index is -1.14. The lowest BCUT2D eigenvalue weighted by atomic mass is 10.2. The maximum absolute atomic E-state index is 12.3. The first-order valence-electron chi connectivity index (χ1n) is 3.11. The third-order valence-electron chi connectivity index (χ3n) is 1.18. The Hall–Kier alpha value is -1.52. The van der Waals surface area contributed by atoms with Crippen molar-refractivity contribution in [3.8, 4) is 0 Å². The lowest BCUT2D eigenvalue weighted by Gasteiger charge is -1.96. The molecule has 0 aromatic carbocycles. The van der Waals surface area contributed by atoms with Gasteiger partial charge in [-0.05, 0) is 17.7 Å². The fourth-order valence-corrected chi connectivity index (χ4v) is 0.791. The smallest absolute Gasteiger partial charge is 0.307 e. The van der Waals surface area contributed by atoms with Crippen LogP contribution in [0, 0.1) is 11.9 Å². The maximum Gasteiger partial charge on any atom is 0.307 e. The number of rotatable bonds is 2. The summed E-state index contributed by atoms with van der Waals surface area (Å²) in [5.74, 6) is -3.16. The number of pyridine rings is 1. The van der Waals surface area contributed by atoms with Gasteiger partial charge in [-0.25, -0.2) is 0 Å². The van der Waals surface area contributed by atoms with Gasteiger partial charge in [0, 0.05) is 0 Å². The van der Waals surface area contributed by atoms with Crippen LogP contribution in [0.2, 0.25) is 0 Å². The largest absolute Gasteiger partial charge is 0.481 e. The second-order valence-electron chi connectivity index (χ2n) is 2.19. The zero-order valence-corrected chi connectivity index (χ0v) is 5.92. The number of hydrogen-bond donors (Lipinski definition) is 1. The molecule has 0 aliphatic carbocycles. The van der Waals surface area contributed by atoms with Crippen molar-refractivity contribution in [1.29, 1.82) is 0 Å². The zero-order valence-electron chi connectivity index (χ0n) is 5.92. The summed E-state index contributed by atoms with van der Waals surface area (Å²) in [5.41, 5.74) is 0.0625. The molecule has 0 atom stereocenters. The highest BCUT2D eigenvalue weighted by molar-refractivity contribution is 5.70. The fourth-order valence-electron chi connectivity index (χ4n) is 0.791. The van der Waals surface area contributed by atoms with Crippen molar-refractivity contribution < 1.29 is 18.7 Å². The van der Waals surface area contributed by atoms with Gasteiger partial charge in [-0.2, -0.15) is 13.8 Å². The minimum absolute atomic E-state index is 0.0625. The summed E-state index contributed by atoms with van der Waals surface area (Å²) in [5, 5.41) is 8.28. The van der Waals surface area contributed by atoms with Crippen LogP contribution in [0.25, 0.3) is 0 Å². The predicted molar refractivity (Wildman–Crippen MR) is 35.5 cm³/mol. The minimum Gasteiger partial charge on any atom is -0.481 e. The average molecular weight is 173 g/mol. The molecule has 0 amide bonds. The Kier molecular flexibility index (Phi) is 2.32. The van der Waals surface area contributed by atoms with Gasteiger partial charge in [0.2, 0.25) is 11.9 Å². The molecule has 5 heteroatoms. The summed E-state index contributed by atoms with van der Waals surface area (Å²) in [7, 11) is 0. The van der Waals surface area contributed by atoms with Gasteiger partial charge in [0.05, 0.1) is 6.42 Å². The van der Waals surface area contributed by atoms with E-state index in [0.29, 0.717) is 0 Å². The third kappa shape index (κ3) is 2.26. The number of aliphatic carboxylic acids is 1. The molecule has 0 saturated heterocycles. The molecule has 0 bridgehead atoms. The lowest BCUT2D eigenvalue weighted by molar-refractivity contribution is -0.136. The van der Waals surface area contributed by atoms with E-state index in [4.69, 9.17) is 5.11 Å². The van der Waals surface area contributed by atoms with E-state index >= 15 is 0 Å². The van der Waals surface area contributed by atoms with Gasteiger partial charge in [-0.15, -0.1) is 0 Å². The van der Waals surface area contributed by atoms with E-state index in [9.17, 15) is 13.6 Å². The van der Waals surface area contributed by atoms with Gasteiger partial charge in [0.1, 0.15) is 0 Å². The number of carboxylic acids is 1. The first kappa shape index (κ1) is 8.58. The Morgan fingerprint density at radius 3 is 2.33 bits per heavy atom. The van der Waals surface area contributed by atoms with Crippen molar-refractivity contribution in [1.82, 2.24) is 4.98 Å². The predicted octanol–water partition coefficient (Wildman–Crippen LogP) is 0.987. The number of hydrogen-bond acceptors (Lipinski definition) is 2. The van der Waals surface area contributed by atoms with Gasteiger partial charge in [-0.3, -0.25) is 4.79 Å². The molecule has 0 aliphatic rings. The van der Waals surface area contributed by atoms with Crippen molar-refractivity contribution >= 4 is 5.97 Å². The first-order chi connectivity index (χ1) is 5.58. The summed E-state index contributed by atoms with van der Waals surface area (Å²) >= 11 is 0. The van der Waals surface area contributed by atoms with Crippen molar-refractivity contribution in [3.05, 3.63) is 29.6 Å². The highest BCUT2D eigenvalue weighted by atomic mass is 19.1. The van der Waals surface area contributed by atoms with Crippen molar-refractivity contribution in [2.75, 3.05) is 0 Å². The van der Waals surface area contributed by atoms with E-state index in [1.54, 1.807) is 0 Å². The van der Waals surface area contributed by atoms with Gasteiger partial charge in [0.25, 0.3) is 0 Å². The topological polar surface area (TPSA) is 50.2 Å². The third-order valence-corrected chi connectivity index (χ3v) is 1.18. The van der Waals surface area contributed by atoms with Gasteiger partial charge in [0.15, 0.2) is 0 Å². The molecule has 0 fully saturated rings. The molecule has 1 N–H and O–H groups in total. The van der Waals surface area contributed by atoms with E-state index in [1.807, 2.05) is 0 Å². The summed E-state index contributed by atoms with van der Waals surface area (Å²) in [6.07, 6.45) is -0.406. The number of nitrogens with zero attached hydrogens (tertiary/aromatic N) is 1. The number of aromatic nitrogens is 1. The number of carboxylic acid groups (broad SMARTS) is 1. The zero-order chi connectivity index (χ0) is 9.14. The molecule has 0 spiro atoms. The summed E-state index contributed by atoms with van der Waals surface area (Å²) in [6.45, 7) is 0. The van der Waals surface area contributed by atoms with Crippen molar-refractivity contribution in [2.24, 2.45) is 0 Å². The quantitative estimate of drug-likeness (QED) is 0.678. The van der Waals surface area contributed by atoms with E-state index in [2.05, 4.69) is 4.98 Å². The summed E-state index contributed by atoms with van der Waals surface area (Å²) in [6, 6.07) is 1.77. The Morgan fingerprint density at radius 2 is 1.92 bits per heavy atom. The molecule has 64 valence electrons. The van der Waals surface area contributed by atoms with Crippen LogP contribution in [0.3, 0.4) is 0 Å². The van der Waals surface area contributed by atoms with Crippen LogP contribution in [-0.2, 0) is 11.2 Å². The number of halogens is 2. The molecule has 1 rings (SSSR count). The Balaban J connectivity index is 2.93. The molecular formula is C7H5F2NO2. The highest BCUT2D eigenvalue weighted by Crippen LogP contribution is 2.04. The Labute approximate surface area is 66.7 Å². The van der Waals surface area contributed by atoms with Crippen molar-refractivity contribution in [3.63, 3.8) is 0 Å². The highest BCUT2D eigenvalue weighted by Gasteiger charge is 2.04. The molecule has 1 heterocycles. The van der Waals surface area contributed by atoms with E-state index in [1.165, 1.54) is 0 Å². The molecular weight excluding hydrogens is 168 g/mol. The van der Waals surface area contributed by atoms with Crippen LogP contribution in [0.15, 0.2) is 12.1 Å². The molecule has 12 heavy (non-hydrogen) atoms. The number of carbonyl (C=O) groups is 1. The normalized spacial score (nSPS) is 9.83.